The first-order valence-electron chi connectivity index (χ1n) is 6.39. The van der Waals surface area contributed by atoms with Crippen LogP contribution in [0.5, 0.6) is 0 Å². The zero-order chi connectivity index (χ0) is 13.4. The lowest BCUT2D eigenvalue weighted by molar-refractivity contribution is 0.0979. The Hall–Kier alpha value is -1.64. The predicted molar refractivity (Wildman–Crippen MR) is 76.2 cm³/mol. The summed E-state index contributed by atoms with van der Waals surface area (Å²) in [5, 5.41) is 5.91. The lowest BCUT2D eigenvalue weighted by atomic mass is 10.0. The molecule has 0 N–H and O–H groups in total. The number of nitrogens with zero attached hydrogens (tertiary/aromatic N) is 2. The minimum atomic E-state index is 0.236. The van der Waals surface area contributed by atoms with Crippen LogP contribution in [0.15, 0.2) is 29.4 Å². The predicted octanol–water partition coefficient (Wildman–Crippen LogP) is 3.29. The van der Waals surface area contributed by atoms with Crippen molar-refractivity contribution in [1.29, 1.82) is 0 Å². The quantitative estimate of drug-likeness (QED) is 0.320. The second kappa shape index (κ2) is 7.64. The van der Waals surface area contributed by atoms with E-state index >= 15 is 0 Å². The molecule has 0 spiro atoms. The van der Waals surface area contributed by atoms with Gasteiger partial charge in [-0.15, -0.1) is 0 Å². The van der Waals surface area contributed by atoms with Gasteiger partial charge in [0.15, 0.2) is 5.78 Å². The Morgan fingerprint density at radius 3 is 2.50 bits per heavy atom. The van der Waals surface area contributed by atoms with Crippen LogP contribution in [-0.4, -0.2) is 31.1 Å². The maximum atomic E-state index is 11.9. The van der Waals surface area contributed by atoms with Crippen LogP contribution in [0, 0.1) is 6.92 Å². The zero-order valence-corrected chi connectivity index (χ0v) is 11.5. The molecule has 0 amide bonds. The maximum Gasteiger partial charge on any atom is 0.162 e. The SMILES string of the molecule is Cc1ccc(C(=O)CCCC/C=N\N(C)C)cc1. The molecule has 0 aromatic heterocycles. The Morgan fingerprint density at radius 2 is 1.89 bits per heavy atom. The molecule has 0 radical (unpaired) electrons. The van der Waals surface area contributed by atoms with Crippen LogP contribution in [0.25, 0.3) is 0 Å². The van der Waals surface area contributed by atoms with Crippen LogP contribution < -0.4 is 0 Å². The number of benzene rings is 1. The van der Waals surface area contributed by atoms with E-state index in [9.17, 15) is 4.79 Å². The summed E-state index contributed by atoms with van der Waals surface area (Å²) in [6.07, 6.45) is 5.38. The minimum Gasteiger partial charge on any atom is -0.303 e. The molecule has 0 aliphatic rings. The van der Waals surface area contributed by atoms with Crippen molar-refractivity contribution in [2.24, 2.45) is 5.10 Å². The summed E-state index contributed by atoms with van der Waals surface area (Å²) in [7, 11) is 3.80. The Morgan fingerprint density at radius 1 is 1.22 bits per heavy atom. The van der Waals surface area contributed by atoms with Gasteiger partial charge in [-0.05, 0) is 26.2 Å². The number of rotatable bonds is 7. The van der Waals surface area contributed by atoms with E-state index in [0.29, 0.717) is 6.42 Å². The summed E-state index contributed by atoms with van der Waals surface area (Å²) >= 11 is 0. The number of hydrogen-bond donors (Lipinski definition) is 0. The highest BCUT2D eigenvalue weighted by Crippen LogP contribution is 2.09. The summed E-state index contributed by atoms with van der Waals surface area (Å²) in [6, 6.07) is 7.78. The lowest BCUT2D eigenvalue weighted by Gasteiger charge is -2.03. The van der Waals surface area contributed by atoms with Gasteiger partial charge in [0.1, 0.15) is 0 Å². The number of unbranched alkanes of at least 4 members (excludes halogenated alkanes) is 2. The van der Waals surface area contributed by atoms with Gasteiger partial charge in [0.05, 0.1) is 0 Å². The van der Waals surface area contributed by atoms with Gasteiger partial charge in [-0.3, -0.25) is 4.79 Å². The van der Waals surface area contributed by atoms with E-state index in [1.54, 1.807) is 5.01 Å². The molecule has 1 rings (SSSR count). The molecule has 0 bridgehead atoms. The summed E-state index contributed by atoms with van der Waals surface area (Å²) < 4.78 is 0. The van der Waals surface area contributed by atoms with Gasteiger partial charge >= 0.3 is 0 Å². The minimum absolute atomic E-state index is 0.236. The monoisotopic (exact) mass is 246 g/mol. The van der Waals surface area contributed by atoms with E-state index in [-0.39, 0.29) is 5.78 Å². The van der Waals surface area contributed by atoms with Gasteiger partial charge in [-0.2, -0.15) is 5.10 Å². The largest absolute Gasteiger partial charge is 0.303 e. The summed E-state index contributed by atoms with van der Waals surface area (Å²) in [5.74, 6) is 0.236. The van der Waals surface area contributed by atoms with Crippen LogP contribution in [0.3, 0.4) is 0 Å². The fraction of sp³-hybridized carbons (Fsp3) is 0.467. The highest BCUT2D eigenvalue weighted by atomic mass is 16.1. The van der Waals surface area contributed by atoms with E-state index in [1.165, 1.54) is 5.56 Å². The van der Waals surface area contributed by atoms with Gasteiger partial charge in [0.25, 0.3) is 0 Å². The molecular formula is C15H22N2O. The standard InChI is InChI=1S/C15H22N2O/c1-13-8-10-14(11-9-13)15(18)7-5-4-6-12-16-17(2)3/h8-12H,4-7H2,1-3H3/b16-12-. The van der Waals surface area contributed by atoms with E-state index in [1.807, 2.05) is 51.5 Å². The molecule has 0 aliphatic heterocycles. The number of hydrogen-bond acceptors (Lipinski definition) is 3. The molecule has 0 unspecified atom stereocenters. The third-order valence-corrected chi connectivity index (χ3v) is 2.67. The van der Waals surface area contributed by atoms with Crippen LogP contribution in [-0.2, 0) is 0 Å². The molecule has 18 heavy (non-hydrogen) atoms. The van der Waals surface area contributed by atoms with Crippen molar-refractivity contribution in [3.8, 4) is 0 Å². The van der Waals surface area contributed by atoms with Gasteiger partial charge in [-0.1, -0.05) is 29.8 Å². The van der Waals surface area contributed by atoms with Gasteiger partial charge in [0, 0.05) is 32.3 Å². The molecule has 3 nitrogen and oxygen atoms in total. The Kier molecular flexibility index (Phi) is 6.12. The molecule has 0 fully saturated rings. The lowest BCUT2D eigenvalue weighted by Crippen LogP contribution is -2.02. The molecule has 1 aromatic carbocycles. The molecular weight excluding hydrogens is 224 g/mol. The maximum absolute atomic E-state index is 11.9. The van der Waals surface area contributed by atoms with Crippen molar-refractivity contribution in [2.45, 2.75) is 32.6 Å². The van der Waals surface area contributed by atoms with Crippen molar-refractivity contribution in [1.82, 2.24) is 5.01 Å². The van der Waals surface area contributed by atoms with Crippen molar-refractivity contribution in [3.05, 3.63) is 35.4 Å². The molecule has 0 aliphatic carbocycles. The number of aryl methyl sites for hydroxylation is 1. The second-order valence-corrected chi connectivity index (χ2v) is 4.68. The number of ketones is 1. The first kappa shape index (κ1) is 14.4. The van der Waals surface area contributed by atoms with E-state index in [0.717, 1.165) is 24.8 Å². The molecule has 3 heteroatoms. The van der Waals surface area contributed by atoms with Crippen LogP contribution in [0.4, 0.5) is 0 Å². The third-order valence-electron chi connectivity index (χ3n) is 2.67. The summed E-state index contributed by atoms with van der Waals surface area (Å²) in [4.78, 5) is 11.9. The fourth-order valence-electron chi connectivity index (χ4n) is 1.63. The Balaban J connectivity index is 2.23. The second-order valence-electron chi connectivity index (χ2n) is 4.68. The Bertz CT molecular complexity index is 393. The van der Waals surface area contributed by atoms with E-state index in [4.69, 9.17) is 0 Å². The van der Waals surface area contributed by atoms with Crippen molar-refractivity contribution in [2.75, 3.05) is 14.1 Å². The topological polar surface area (TPSA) is 32.7 Å². The van der Waals surface area contributed by atoms with Gasteiger partial charge in [-0.25, -0.2) is 0 Å². The van der Waals surface area contributed by atoms with E-state index < -0.39 is 0 Å². The average molecular weight is 246 g/mol. The molecule has 0 saturated carbocycles. The van der Waals surface area contributed by atoms with Crippen LogP contribution in [0.2, 0.25) is 0 Å². The van der Waals surface area contributed by atoms with Gasteiger partial charge in [0.2, 0.25) is 0 Å². The van der Waals surface area contributed by atoms with Gasteiger partial charge < -0.3 is 5.01 Å². The van der Waals surface area contributed by atoms with Crippen molar-refractivity contribution < 1.29 is 4.79 Å². The number of hydrazone groups is 1. The average Bonchev–Trinajstić information content (AvgIpc) is 2.34. The highest BCUT2D eigenvalue weighted by Gasteiger charge is 2.04. The van der Waals surface area contributed by atoms with Crippen LogP contribution >= 0.6 is 0 Å². The molecule has 98 valence electrons. The fourth-order valence-corrected chi connectivity index (χ4v) is 1.63. The summed E-state index contributed by atoms with van der Waals surface area (Å²) in [5.41, 5.74) is 2.01. The highest BCUT2D eigenvalue weighted by molar-refractivity contribution is 5.96. The molecule has 0 atom stereocenters. The third kappa shape index (κ3) is 5.62. The van der Waals surface area contributed by atoms with E-state index in [2.05, 4.69) is 5.10 Å². The zero-order valence-electron chi connectivity index (χ0n) is 11.5. The smallest absolute Gasteiger partial charge is 0.162 e. The molecule has 1 aromatic rings. The van der Waals surface area contributed by atoms with Crippen LogP contribution in [0.1, 0.15) is 41.6 Å². The first-order valence-corrected chi connectivity index (χ1v) is 6.39. The normalized spacial score (nSPS) is 10.8. The number of carbonyl (C=O) groups excluding carboxylic acids is 1. The molecule has 0 saturated heterocycles. The van der Waals surface area contributed by atoms with Crippen molar-refractivity contribution in [3.63, 3.8) is 0 Å². The first-order chi connectivity index (χ1) is 8.59. The molecule has 0 heterocycles. The Labute approximate surface area is 110 Å². The van der Waals surface area contributed by atoms with Crippen molar-refractivity contribution >= 4 is 12.0 Å². The number of Topliss-reactive ketones (excluding diaryl/α,β-unsaturated/α-hetero) is 1. The summed E-state index contributed by atoms with van der Waals surface area (Å²) in [6.45, 7) is 2.03. The number of carbonyl (C=O) groups is 1.